The summed E-state index contributed by atoms with van der Waals surface area (Å²) < 4.78 is 2.53. The zero-order valence-corrected chi connectivity index (χ0v) is 17.7. The van der Waals surface area contributed by atoms with Crippen molar-refractivity contribution in [3.63, 3.8) is 0 Å². The fourth-order valence-corrected chi connectivity index (χ4v) is 3.91. The molecule has 0 aliphatic carbocycles. The van der Waals surface area contributed by atoms with Crippen molar-refractivity contribution >= 4 is 23.2 Å². The second-order valence-electron chi connectivity index (χ2n) is 8.36. The van der Waals surface area contributed by atoms with Crippen LogP contribution in [0.1, 0.15) is 50.3 Å². The van der Waals surface area contributed by atoms with Gasteiger partial charge in [-0.1, -0.05) is 37.1 Å². The summed E-state index contributed by atoms with van der Waals surface area (Å²) in [6, 6.07) is 15.6. The van der Waals surface area contributed by atoms with Gasteiger partial charge in [0.05, 0.1) is 5.41 Å². The van der Waals surface area contributed by atoms with E-state index in [4.69, 9.17) is 0 Å². The molecule has 1 aliphatic heterocycles. The molecular weight excluding hydrogens is 328 g/mol. The maximum atomic E-state index is 2.53. The molecule has 2 aromatic rings. The molecule has 0 bridgehead atoms. The highest BCUT2D eigenvalue weighted by atomic mass is 15.1. The van der Waals surface area contributed by atoms with Gasteiger partial charge in [-0.05, 0) is 50.6 Å². The van der Waals surface area contributed by atoms with Gasteiger partial charge in [0.15, 0.2) is 5.71 Å². The minimum Gasteiger partial charge on any atom is -0.378 e. The number of hydrogen-bond acceptors (Lipinski definition) is 1. The lowest BCUT2D eigenvalue weighted by molar-refractivity contribution is -0.438. The number of benzene rings is 2. The van der Waals surface area contributed by atoms with Gasteiger partial charge in [0.25, 0.3) is 0 Å². The minimum absolute atomic E-state index is 0.0230. The summed E-state index contributed by atoms with van der Waals surface area (Å²) in [7, 11) is 4.15. The van der Waals surface area contributed by atoms with E-state index in [1.807, 2.05) is 0 Å². The number of hydrogen-bond donors (Lipinski definition) is 0. The number of nitrogens with zero attached hydrogens (tertiary/aromatic N) is 2. The number of fused-ring (bicyclic) bond motifs is 1. The van der Waals surface area contributed by atoms with Gasteiger partial charge in [0.1, 0.15) is 6.54 Å². The Bertz CT molecular complexity index is 868. The molecule has 0 saturated carbocycles. The molecule has 2 heteroatoms. The molecule has 27 heavy (non-hydrogen) atoms. The molecule has 3 rings (SSSR count). The molecule has 0 aromatic heterocycles. The Morgan fingerprint density at radius 2 is 1.70 bits per heavy atom. The monoisotopic (exact) mass is 361 g/mol. The smallest absolute Gasteiger partial charge is 0.209 e. The van der Waals surface area contributed by atoms with Gasteiger partial charge in [-0.3, -0.25) is 0 Å². The Morgan fingerprint density at radius 1 is 1.00 bits per heavy atom. The highest BCUT2D eigenvalue weighted by Gasteiger charge is 2.43. The first kappa shape index (κ1) is 19.4. The molecular formula is C25H33N2+. The first-order chi connectivity index (χ1) is 12.8. The summed E-state index contributed by atoms with van der Waals surface area (Å²) in [5.74, 6) is 0. The molecule has 0 radical (unpaired) electrons. The van der Waals surface area contributed by atoms with E-state index in [9.17, 15) is 0 Å². The van der Waals surface area contributed by atoms with E-state index >= 15 is 0 Å². The van der Waals surface area contributed by atoms with E-state index in [-0.39, 0.29) is 5.41 Å². The fraction of sp³-hybridized carbons (Fsp3) is 0.400. The summed E-state index contributed by atoms with van der Waals surface area (Å²) >= 11 is 0. The molecule has 1 aliphatic rings. The average Bonchev–Trinajstić information content (AvgIpc) is 2.84. The van der Waals surface area contributed by atoms with Crippen LogP contribution >= 0.6 is 0 Å². The lowest BCUT2D eigenvalue weighted by atomic mass is 9.81. The highest BCUT2D eigenvalue weighted by molar-refractivity contribution is 6.05. The van der Waals surface area contributed by atoms with Crippen molar-refractivity contribution in [2.45, 2.75) is 46.0 Å². The van der Waals surface area contributed by atoms with E-state index < -0.39 is 0 Å². The first-order valence-corrected chi connectivity index (χ1v) is 10.1. The normalized spacial score (nSPS) is 15.5. The summed E-state index contributed by atoms with van der Waals surface area (Å²) in [5.41, 5.74) is 8.05. The highest BCUT2D eigenvalue weighted by Crippen LogP contribution is 2.40. The SMILES string of the molecule is CCCC[N+]1=C(C=Cc2ccc(N(C)C)cc2)C(C)(C)c2cc(C)ccc21. The summed E-state index contributed by atoms with van der Waals surface area (Å²) in [4.78, 5) is 2.13. The molecule has 0 spiro atoms. The third-order valence-electron chi connectivity index (χ3n) is 5.63. The van der Waals surface area contributed by atoms with Crippen molar-refractivity contribution in [1.29, 1.82) is 0 Å². The van der Waals surface area contributed by atoms with Crippen molar-refractivity contribution in [2.24, 2.45) is 0 Å². The average molecular weight is 362 g/mol. The summed E-state index contributed by atoms with van der Waals surface area (Å²) in [6.07, 6.45) is 7.00. The molecule has 0 N–H and O–H groups in total. The molecule has 0 atom stereocenters. The van der Waals surface area contributed by atoms with E-state index in [1.165, 1.54) is 46.6 Å². The molecule has 0 amide bonds. The van der Waals surface area contributed by atoms with Crippen LogP contribution < -0.4 is 4.90 Å². The van der Waals surface area contributed by atoms with E-state index in [0.717, 1.165) is 6.54 Å². The quantitative estimate of drug-likeness (QED) is 0.576. The van der Waals surface area contributed by atoms with Crippen LogP contribution in [0.4, 0.5) is 11.4 Å². The molecule has 142 valence electrons. The van der Waals surface area contributed by atoms with Gasteiger partial charge in [0.2, 0.25) is 5.69 Å². The van der Waals surface area contributed by atoms with Crippen LogP contribution in [0.25, 0.3) is 6.08 Å². The van der Waals surface area contributed by atoms with E-state index in [0.29, 0.717) is 0 Å². The van der Waals surface area contributed by atoms with Crippen molar-refractivity contribution in [2.75, 3.05) is 25.5 Å². The lowest BCUT2D eigenvalue weighted by Crippen LogP contribution is -2.27. The second kappa shape index (κ2) is 7.72. The molecule has 0 saturated heterocycles. The molecule has 2 nitrogen and oxygen atoms in total. The van der Waals surface area contributed by atoms with Crippen molar-refractivity contribution in [3.8, 4) is 0 Å². The Kier molecular flexibility index (Phi) is 5.55. The van der Waals surface area contributed by atoms with Gasteiger partial charge in [-0.15, -0.1) is 0 Å². The van der Waals surface area contributed by atoms with Crippen LogP contribution in [0.15, 0.2) is 48.5 Å². The van der Waals surface area contributed by atoms with Crippen molar-refractivity contribution in [3.05, 3.63) is 65.2 Å². The predicted molar refractivity (Wildman–Crippen MR) is 119 cm³/mol. The number of rotatable bonds is 6. The number of allylic oxidation sites excluding steroid dienone is 1. The molecule has 1 heterocycles. The maximum absolute atomic E-state index is 2.53. The van der Waals surface area contributed by atoms with Crippen LogP contribution in [0, 0.1) is 6.92 Å². The molecule has 2 aromatic carbocycles. The Balaban J connectivity index is 1.99. The van der Waals surface area contributed by atoms with Gasteiger partial charge in [0, 0.05) is 43.9 Å². The second-order valence-corrected chi connectivity index (χ2v) is 8.36. The zero-order chi connectivity index (χ0) is 19.6. The fourth-order valence-electron chi connectivity index (χ4n) is 3.91. The van der Waals surface area contributed by atoms with Crippen LogP contribution in [0.2, 0.25) is 0 Å². The first-order valence-electron chi connectivity index (χ1n) is 10.1. The van der Waals surface area contributed by atoms with Crippen molar-refractivity contribution in [1.82, 2.24) is 0 Å². The molecule has 0 fully saturated rings. The minimum atomic E-state index is 0.0230. The van der Waals surface area contributed by atoms with Crippen LogP contribution in [0.3, 0.4) is 0 Å². The van der Waals surface area contributed by atoms with Gasteiger partial charge < -0.3 is 4.90 Å². The van der Waals surface area contributed by atoms with Crippen molar-refractivity contribution < 1.29 is 4.58 Å². The summed E-state index contributed by atoms with van der Waals surface area (Å²) in [5, 5.41) is 0. The Labute approximate surface area is 164 Å². The van der Waals surface area contributed by atoms with E-state index in [2.05, 4.69) is 106 Å². The van der Waals surface area contributed by atoms with E-state index in [1.54, 1.807) is 0 Å². The van der Waals surface area contributed by atoms with Gasteiger partial charge in [-0.2, -0.15) is 4.58 Å². The van der Waals surface area contributed by atoms with Crippen LogP contribution in [0.5, 0.6) is 0 Å². The van der Waals surface area contributed by atoms with Gasteiger partial charge in [-0.25, -0.2) is 0 Å². The Morgan fingerprint density at radius 3 is 2.33 bits per heavy atom. The topological polar surface area (TPSA) is 6.25 Å². The standard InChI is InChI=1S/C25H33N2/c1-7-8-17-27-23-15-9-19(2)18-22(23)25(3,4)24(27)16-12-20-10-13-21(14-11-20)26(5)6/h9-16,18H,7-8,17H2,1-6H3/q+1. The predicted octanol–water partition coefficient (Wildman–Crippen LogP) is 5.95. The maximum Gasteiger partial charge on any atom is 0.209 e. The number of aryl methyl sites for hydroxylation is 1. The van der Waals surface area contributed by atoms with Crippen LogP contribution in [-0.2, 0) is 5.41 Å². The number of unbranched alkanes of at least 4 members (excludes halogenated alkanes) is 1. The summed E-state index contributed by atoms with van der Waals surface area (Å²) in [6.45, 7) is 10.2. The largest absolute Gasteiger partial charge is 0.378 e. The lowest BCUT2D eigenvalue weighted by Gasteiger charge is -2.16. The van der Waals surface area contributed by atoms with Gasteiger partial charge >= 0.3 is 0 Å². The van der Waals surface area contributed by atoms with Crippen LogP contribution in [-0.4, -0.2) is 30.9 Å². The number of anilines is 1. The zero-order valence-electron chi connectivity index (χ0n) is 17.7. The third-order valence-corrected chi connectivity index (χ3v) is 5.63. The Hall–Kier alpha value is -2.35. The molecule has 0 unspecified atom stereocenters. The third kappa shape index (κ3) is 3.85.